The van der Waals surface area contributed by atoms with Gasteiger partial charge in [-0.3, -0.25) is 9.59 Å². The van der Waals surface area contributed by atoms with Gasteiger partial charge in [-0.05, 0) is 92.3 Å². The van der Waals surface area contributed by atoms with Crippen molar-refractivity contribution < 1.29 is 19.1 Å². The van der Waals surface area contributed by atoms with Crippen molar-refractivity contribution >= 4 is 17.6 Å². The van der Waals surface area contributed by atoms with E-state index in [0.717, 1.165) is 39.1 Å². The molecule has 0 aliphatic rings. The summed E-state index contributed by atoms with van der Waals surface area (Å²) in [5.41, 5.74) is 6.58. The number of carbonyl (C=O) groups excluding carboxylic acids is 1. The number of anilines is 1. The lowest BCUT2D eigenvalue weighted by molar-refractivity contribution is -0.138. The van der Waals surface area contributed by atoms with Gasteiger partial charge in [0.15, 0.2) is 0 Å². The maximum atomic E-state index is 13.8. The topological polar surface area (TPSA) is 78.4 Å². The van der Waals surface area contributed by atoms with Gasteiger partial charge in [-0.2, -0.15) is 0 Å². The summed E-state index contributed by atoms with van der Waals surface area (Å²) in [4.78, 5) is 23.7. The SMILES string of the molecule is Cc1cc(F)cc(C(C)Nc2cccc(-c3cc(C)c(C(=O)N[C@@H](C)C(=O)O)c(C)c3)c2)c1. The molecule has 0 spiro atoms. The normalized spacial score (nSPS) is 12.7. The highest BCUT2D eigenvalue weighted by molar-refractivity contribution is 5.99. The number of nitrogens with one attached hydrogen (secondary N) is 2. The van der Waals surface area contributed by atoms with Crippen LogP contribution < -0.4 is 10.6 Å². The summed E-state index contributed by atoms with van der Waals surface area (Å²) in [5.74, 6) is -1.73. The Labute approximate surface area is 193 Å². The fraction of sp³-hybridized carbons (Fsp3) is 0.259. The Hall–Kier alpha value is -3.67. The predicted octanol–water partition coefficient (Wildman–Crippen LogP) is 5.79. The van der Waals surface area contributed by atoms with Crippen molar-refractivity contribution in [3.8, 4) is 11.1 Å². The van der Waals surface area contributed by atoms with Gasteiger partial charge in [0.1, 0.15) is 11.9 Å². The Kier molecular flexibility index (Phi) is 7.16. The molecule has 0 aromatic heterocycles. The molecule has 3 aromatic carbocycles. The first kappa shape index (κ1) is 24.0. The first-order chi connectivity index (χ1) is 15.5. The van der Waals surface area contributed by atoms with Crippen LogP contribution in [0.5, 0.6) is 0 Å². The Morgan fingerprint density at radius 3 is 2.18 bits per heavy atom. The fourth-order valence-corrected chi connectivity index (χ4v) is 3.96. The number of amides is 1. The smallest absolute Gasteiger partial charge is 0.325 e. The quantitative estimate of drug-likeness (QED) is 0.427. The Balaban J connectivity index is 1.85. The minimum atomic E-state index is -1.08. The van der Waals surface area contributed by atoms with E-state index in [1.165, 1.54) is 19.1 Å². The monoisotopic (exact) mass is 448 g/mol. The summed E-state index contributed by atoms with van der Waals surface area (Å²) in [5, 5.41) is 15.0. The lowest BCUT2D eigenvalue weighted by Crippen LogP contribution is -2.38. The second-order valence-corrected chi connectivity index (χ2v) is 8.53. The summed E-state index contributed by atoms with van der Waals surface area (Å²) in [7, 11) is 0. The van der Waals surface area contributed by atoms with Crippen LogP contribution >= 0.6 is 0 Å². The van der Waals surface area contributed by atoms with Crippen molar-refractivity contribution in [2.45, 2.75) is 46.7 Å². The molecule has 0 radical (unpaired) electrons. The highest BCUT2D eigenvalue weighted by Gasteiger charge is 2.19. The third kappa shape index (κ3) is 5.77. The van der Waals surface area contributed by atoms with Crippen LogP contribution in [0.2, 0.25) is 0 Å². The molecule has 172 valence electrons. The van der Waals surface area contributed by atoms with Crippen molar-refractivity contribution in [2.75, 3.05) is 5.32 Å². The predicted molar refractivity (Wildman–Crippen MR) is 129 cm³/mol. The van der Waals surface area contributed by atoms with Gasteiger partial charge in [-0.15, -0.1) is 0 Å². The van der Waals surface area contributed by atoms with Crippen molar-refractivity contribution in [1.82, 2.24) is 5.32 Å². The van der Waals surface area contributed by atoms with Crippen LogP contribution in [0, 0.1) is 26.6 Å². The number of carboxylic acid groups (broad SMARTS) is 1. The maximum absolute atomic E-state index is 13.8. The number of halogens is 1. The van der Waals surface area contributed by atoms with E-state index in [1.807, 2.05) is 70.2 Å². The number of carbonyl (C=O) groups is 2. The molecule has 5 nitrogen and oxygen atoms in total. The van der Waals surface area contributed by atoms with E-state index >= 15 is 0 Å². The number of carboxylic acids is 1. The zero-order valence-electron chi connectivity index (χ0n) is 19.5. The molecule has 0 saturated heterocycles. The second-order valence-electron chi connectivity index (χ2n) is 8.53. The van der Waals surface area contributed by atoms with Crippen molar-refractivity contribution in [2.24, 2.45) is 0 Å². The Morgan fingerprint density at radius 2 is 1.58 bits per heavy atom. The molecule has 0 aliphatic heterocycles. The molecule has 33 heavy (non-hydrogen) atoms. The molecule has 3 N–H and O–H groups in total. The van der Waals surface area contributed by atoms with E-state index in [2.05, 4.69) is 10.6 Å². The molecule has 6 heteroatoms. The summed E-state index contributed by atoms with van der Waals surface area (Å²) >= 11 is 0. The summed E-state index contributed by atoms with van der Waals surface area (Å²) in [6, 6.07) is 15.7. The Morgan fingerprint density at radius 1 is 0.909 bits per heavy atom. The zero-order chi connectivity index (χ0) is 24.3. The molecule has 1 unspecified atom stereocenters. The molecule has 0 heterocycles. The molecule has 2 atom stereocenters. The van der Waals surface area contributed by atoms with Gasteiger partial charge >= 0.3 is 5.97 Å². The molecule has 0 bridgehead atoms. The van der Waals surface area contributed by atoms with Gasteiger partial charge in [0.2, 0.25) is 0 Å². The highest BCUT2D eigenvalue weighted by atomic mass is 19.1. The number of hydrogen-bond donors (Lipinski definition) is 3. The van der Waals surface area contributed by atoms with E-state index < -0.39 is 17.9 Å². The minimum Gasteiger partial charge on any atom is -0.480 e. The molecule has 0 saturated carbocycles. The number of rotatable bonds is 7. The standard InChI is InChI=1S/C27H29FN2O3/c1-15-9-21(13-23(28)10-15)18(4)29-24-8-6-7-20(14-24)22-11-16(2)25(17(3)12-22)26(31)30-19(5)27(32)33/h6-14,18-19,29H,1-5H3,(H,30,31)(H,32,33)/t18?,19-/m0/s1. The summed E-state index contributed by atoms with van der Waals surface area (Å²) in [6.45, 7) is 8.97. The van der Waals surface area contributed by atoms with Crippen LogP contribution in [0.3, 0.4) is 0 Å². The average molecular weight is 449 g/mol. The molecule has 3 rings (SSSR count). The minimum absolute atomic E-state index is 0.0829. The van der Waals surface area contributed by atoms with Gasteiger partial charge < -0.3 is 15.7 Å². The molecule has 0 aliphatic carbocycles. The van der Waals surface area contributed by atoms with Crippen LogP contribution in [0.4, 0.5) is 10.1 Å². The number of aliphatic carboxylic acids is 1. The van der Waals surface area contributed by atoms with Gasteiger partial charge in [0.05, 0.1) is 0 Å². The first-order valence-corrected chi connectivity index (χ1v) is 10.8. The fourth-order valence-electron chi connectivity index (χ4n) is 3.96. The van der Waals surface area contributed by atoms with Gasteiger partial charge in [-0.1, -0.05) is 30.3 Å². The van der Waals surface area contributed by atoms with Gasteiger partial charge in [-0.25, -0.2) is 4.39 Å². The van der Waals surface area contributed by atoms with Gasteiger partial charge in [0, 0.05) is 17.3 Å². The van der Waals surface area contributed by atoms with E-state index in [1.54, 1.807) is 0 Å². The third-order valence-corrected chi connectivity index (χ3v) is 5.62. The van der Waals surface area contributed by atoms with Crippen molar-refractivity contribution in [3.63, 3.8) is 0 Å². The lowest BCUT2D eigenvalue weighted by atomic mass is 9.94. The number of aryl methyl sites for hydroxylation is 3. The van der Waals surface area contributed by atoms with Crippen LogP contribution in [0.15, 0.2) is 54.6 Å². The van der Waals surface area contributed by atoms with Crippen LogP contribution in [-0.4, -0.2) is 23.0 Å². The lowest BCUT2D eigenvalue weighted by Gasteiger charge is -2.18. The zero-order valence-corrected chi connectivity index (χ0v) is 19.5. The molecule has 3 aromatic rings. The molecule has 0 fully saturated rings. The average Bonchev–Trinajstić information content (AvgIpc) is 2.72. The third-order valence-electron chi connectivity index (χ3n) is 5.62. The van der Waals surface area contributed by atoms with E-state index in [4.69, 9.17) is 5.11 Å². The Bertz CT molecular complexity index is 1160. The van der Waals surface area contributed by atoms with E-state index in [9.17, 15) is 14.0 Å². The van der Waals surface area contributed by atoms with E-state index in [-0.39, 0.29) is 11.9 Å². The van der Waals surface area contributed by atoms with Crippen LogP contribution in [-0.2, 0) is 4.79 Å². The van der Waals surface area contributed by atoms with Crippen molar-refractivity contribution in [1.29, 1.82) is 0 Å². The number of hydrogen-bond acceptors (Lipinski definition) is 3. The molecular formula is C27H29FN2O3. The van der Waals surface area contributed by atoms with Gasteiger partial charge in [0.25, 0.3) is 5.91 Å². The largest absolute Gasteiger partial charge is 0.480 e. The maximum Gasteiger partial charge on any atom is 0.325 e. The number of benzene rings is 3. The van der Waals surface area contributed by atoms with Crippen LogP contribution in [0.25, 0.3) is 11.1 Å². The first-order valence-electron chi connectivity index (χ1n) is 10.8. The summed E-state index contributed by atoms with van der Waals surface area (Å²) in [6.07, 6.45) is 0. The molecular weight excluding hydrogens is 419 g/mol. The van der Waals surface area contributed by atoms with Crippen LogP contribution in [0.1, 0.15) is 52.5 Å². The van der Waals surface area contributed by atoms with Crippen molar-refractivity contribution in [3.05, 3.63) is 88.2 Å². The van der Waals surface area contributed by atoms with E-state index in [0.29, 0.717) is 5.56 Å². The summed E-state index contributed by atoms with van der Waals surface area (Å²) < 4.78 is 13.8. The second kappa shape index (κ2) is 9.86. The molecule has 1 amide bonds. The highest BCUT2D eigenvalue weighted by Crippen LogP contribution is 2.29.